The van der Waals surface area contributed by atoms with Crippen LogP contribution in [0.5, 0.6) is 0 Å². The molecule has 0 spiro atoms. The zero-order valence-corrected chi connectivity index (χ0v) is 10.3. The Morgan fingerprint density at radius 3 is 2.12 bits per heavy atom. The summed E-state index contributed by atoms with van der Waals surface area (Å²) in [6, 6.07) is 7.15. The van der Waals surface area contributed by atoms with Gasteiger partial charge in [-0.2, -0.15) is 16.8 Å². The van der Waals surface area contributed by atoms with Crippen molar-refractivity contribution in [2.45, 2.75) is 18.2 Å². The Bertz CT molecular complexity index is 531. The molecule has 0 aromatic heterocycles. The second-order valence-electron chi connectivity index (χ2n) is 3.10. The van der Waals surface area contributed by atoms with Crippen LogP contribution in [0.3, 0.4) is 0 Å². The Morgan fingerprint density at radius 2 is 1.62 bits per heavy atom. The standard InChI is InChI=1S/C9H12O5S2/c1-2-8-15(10,11)14-16(12,13)9-6-4-3-5-7-9/h3-7H,2,8H2,1H3. The van der Waals surface area contributed by atoms with Crippen LogP contribution in [0.4, 0.5) is 0 Å². The molecule has 0 fully saturated rings. The number of rotatable bonds is 5. The van der Waals surface area contributed by atoms with E-state index in [4.69, 9.17) is 0 Å². The average Bonchev–Trinajstić information content (AvgIpc) is 2.17. The minimum atomic E-state index is -4.23. The van der Waals surface area contributed by atoms with E-state index in [1.54, 1.807) is 13.0 Å². The van der Waals surface area contributed by atoms with Gasteiger partial charge in [-0.3, -0.25) is 0 Å². The van der Waals surface area contributed by atoms with E-state index >= 15 is 0 Å². The molecule has 1 rings (SSSR count). The highest BCUT2D eigenvalue weighted by Gasteiger charge is 2.23. The fourth-order valence-corrected chi connectivity index (χ4v) is 3.72. The molecule has 1 aromatic rings. The molecule has 90 valence electrons. The van der Waals surface area contributed by atoms with Gasteiger partial charge < -0.3 is 0 Å². The Kier molecular flexibility index (Phi) is 4.06. The third-order valence-electron chi connectivity index (χ3n) is 1.68. The summed E-state index contributed by atoms with van der Waals surface area (Å²) in [5, 5.41) is 0. The van der Waals surface area contributed by atoms with Crippen LogP contribution in [0.2, 0.25) is 0 Å². The maximum Gasteiger partial charge on any atom is 0.311 e. The van der Waals surface area contributed by atoms with Crippen molar-refractivity contribution in [3.8, 4) is 0 Å². The maximum atomic E-state index is 11.5. The predicted octanol–water partition coefficient (Wildman–Crippen LogP) is 1.13. The van der Waals surface area contributed by atoms with Crippen molar-refractivity contribution in [1.82, 2.24) is 0 Å². The summed E-state index contributed by atoms with van der Waals surface area (Å²) >= 11 is 0. The molecule has 0 saturated carbocycles. The van der Waals surface area contributed by atoms with Crippen molar-refractivity contribution in [3.05, 3.63) is 30.3 Å². The molecule has 0 radical (unpaired) electrons. The summed E-state index contributed by atoms with van der Waals surface area (Å²) in [6.45, 7) is 1.62. The summed E-state index contributed by atoms with van der Waals surface area (Å²) < 4.78 is 49.7. The average molecular weight is 264 g/mol. The molecule has 16 heavy (non-hydrogen) atoms. The Labute approximate surface area is 95.3 Å². The molecule has 0 saturated heterocycles. The second kappa shape index (κ2) is 4.94. The first-order chi connectivity index (χ1) is 7.37. The fourth-order valence-electron chi connectivity index (χ4n) is 1.05. The van der Waals surface area contributed by atoms with Gasteiger partial charge in [-0.05, 0) is 18.6 Å². The van der Waals surface area contributed by atoms with Crippen molar-refractivity contribution in [2.75, 3.05) is 5.75 Å². The van der Waals surface area contributed by atoms with Gasteiger partial charge >= 0.3 is 10.1 Å². The van der Waals surface area contributed by atoms with Gasteiger partial charge in [0.1, 0.15) is 0 Å². The highest BCUT2D eigenvalue weighted by Crippen LogP contribution is 2.14. The molecule has 5 nitrogen and oxygen atoms in total. The van der Waals surface area contributed by atoms with Crippen molar-refractivity contribution >= 4 is 20.2 Å². The predicted molar refractivity (Wildman–Crippen MR) is 58.8 cm³/mol. The van der Waals surface area contributed by atoms with Crippen molar-refractivity contribution in [3.63, 3.8) is 0 Å². The lowest BCUT2D eigenvalue weighted by Crippen LogP contribution is -2.16. The Balaban J connectivity index is 2.98. The summed E-state index contributed by atoms with van der Waals surface area (Å²) in [7, 11) is -8.25. The smallest absolute Gasteiger partial charge is 0.198 e. The van der Waals surface area contributed by atoms with Gasteiger partial charge in [0.05, 0.1) is 10.6 Å². The van der Waals surface area contributed by atoms with Crippen LogP contribution < -0.4 is 0 Å². The van der Waals surface area contributed by atoms with Gasteiger partial charge in [0.2, 0.25) is 0 Å². The lowest BCUT2D eigenvalue weighted by molar-refractivity contribution is 0.461. The fraction of sp³-hybridized carbons (Fsp3) is 0.333. The number of benzene rings is 1. The molecule has 7 heteroatoms. The first-order valence-electron chi connectivity index (χ1n) is 4.61. The second-order valence-corrected chi connectivity index (χ2v) is 6.54. The molecule has 0 atom stereocenters. The van der Waals surface area contributed by atoms with Gasteiger partial charge in [0, 0.05) is 0 Å². The molecule has 1 aromatic carbocycles. The number of hydrogen-bond acceptors (Lipinski definition) is 5. The van der Waals surface area contributed by atoms with E-state index in [9.17, 15) is 16.8 Å². The minimum absolute atomic E-state index is 0.172. The van der Waals surface area contributed by atoms with Crippen LogP contribution in [-0.4, -0.2) is 22.6 Å². The van der Waals surface area contributed by atoms with Gasteiger partial charge in [0.15, 0.2) is 0 Å². The molecular weight excluding hydrogens is 252 g/mol. The lowest BCUT2D eigenvalue weighted by atomic mass is 10.4. The van der Waals surface area contributed by atoms with Crippen molar-refractivity contribution < 1.29 is 20.5 Å². The van der Waals surface area contributed by atoms with E-state index in [0.29, 0.717) is 6.42 Å². The molecule has 0 aliphatic heterocycles. The first kappa shape index (κ1) is 13.1. The zero-order valence-electron chi connectivity index (χ0n) is 8.66. The van der Waals surface area contributed by atoms with E-state index < -0.39 is 20.2 Å². The lowest BCUT2D eigenvalue weighted by Gasteiger charge is -2.04. The third-order valence-corrected chi connectivity index (χ3v) is 4.98. The summed E-state index contributed by atoms with van der Waals surface area (Å²) in [4.78, 5) is -0.172. The summed E-state index contributed by atoms with van der Waals surface area (Å²) in [5.41, 5.74) is 0. The van der Waals surface area contributed by atoms with Crippen LogP contribution in [0.1, 0.15) is 13.3 Å². The van der Waals surface area contributed by atoms with Gasteiger partial charge in [-0.25, -0.2) is 0 Å². The van der Waals surface area contributed by atoms with E-state index in [2.05, 4.69) is 3.63 Å². The number of hydrogen-bond donors (Lipinski definition) is 0. The molecule has 0 aliphatic rings. The largest absolute Gasteiger partial charge is 0.311 e. The van der Waals surface area contributed by atoms with Crippen LogP contribution in [-0.2, 0) is 23.9 Å². The van der Waals surface area contributed by atoms with Crippen LogP contribution in [0, 0.1) is 0 Å². The normalized spacial score (nSPS) is 12.6. The minimum Gasteiger partial charge on any atom is -0.198 e. The van der Waals surface area contributed by atoms with E-state index in [-0.39, 0.29) is 10.6 Å². The highest BCUT2D eigenvalue weighted by molar-refractivity contribution is 7.99. The van der Waals surface area contributed by atoms with Gasteiger partial charge in [-0.1, -0.05) is 25.1 Å². The topological polar surface area (TPSA) is 77.5 Å². The first-order valence-corrected chi connectivity index (χ1v) is 7.60. The van der Waals surface area contributed by atoms with Crippen LogP contribution >= 0.6 is 0 Å². The maximum absolute atomic E-state index is 11.5. The zero-order chi connectivity index (χ0) is 12.2. The molecule has 0 unspecified atom stereocenters. The summed E-state index contributed by atoms with van der Waals surface area (Å²) in [5.74, 6) is -0.320. The molecule has 0 bridgehead atoms. The molecule has 0 heterocycles. The molecular formula is C9H12O5S2. The third kappa shape index (κ3) is 3.58. The van der Waals surface area contributed by atoms with E-state index in [1.807, 2.05) is 0 Å². The van der Waals surface area contributed by atoms with Crippen molar-refractivity contribution in [2.24, 2.45) is 0 Å². The molecule has 0 aliphatic carbocycles. The SMILES string of the molecule is CCCS(=O)(=O)OS(=O)(=O)c1ccccc1. The van der Waals surface area contributed by atoms with Crippen LogP contribution in [0.15, 0.2) is 35.2 Å². The van der Waals surface area contributed by atoms with Gasteiger partial charge in [0.25, 0.3) is 10.1 Å². The molecule has 0 N–H and O–H groups in total. The van der Waals surface area contributed by atoms with E-state index in [0.717, 1.165) is 0 Å². The van der Waals surface area contributed by atoms with Crippen molar-refractivity contribution in [1.29, 1.82) is 0 Å². The van der Waals surface area contributed by atoms with E-state index in [1.165, 1.54) is 24.3 Å². The quantitative estimate of drug-likeness (QED) is 0.796. The molecule has 0 amide bonds. The highest BCUT2D eigenvalue weighted by atomic mass is 32.3. The summed E-state index contributed by atoms with van der Waals surface area (Å²) in [6.07, 6.45) is 0.298. The Morgan fingerprint density at radius 1 is 1.06 bits per heavy atom. The van der Waals surface area contributed by atoms with Gasteiger partial charge in [-0.15, -0.1) is 3.63 Å². The Hall–Kier alpha value is -0.920. The van der Waals surface area contributed by atoms with Crippen LogP contribution in [0.25, 0.3) is 0 Å². The monoisotopic (exact) mass is 264 g/mol.